The van der Waals surface area contributed by atoms with Gasteiger partial charge in [-0.25, -0.2) is 4.79 Å². The Morgan fingerprint density at radius 2 is 2.12 bits per heavy atom. The largest absolute Gasteiger partial charge is 0.444 e. The molecule has 0 radical (unpaired) electrons. The maximum atomic E-state index is 11.6. The minimum Gasteiger partial charge on any atom is -0.444 e. The highest BCUT2D eigenvalue weighted by Crippen LogP contribution is 2.31. The van der Waals surface area contributed by atoms with E-state index >= 15 is 0 Å². The van der Waals surface area contributed by atoms with Gasteiger partial charge in [-0.05, 0) is 39.5 Å². The molecule has 1 amide bonds. The lowest BCUT2D eigenvalue weighted by Crippen LogP contribution is -2.50. The summed E-state index contributed by atoms with van der Waals surface area (Å²) in [6.07, 6.45) is 1.18. The Bertz CT molecular complexity index is 313. The van der Waals surface area contributed by atoms with E-state index in [1.807, 2.05) is 0 Å². The van der Waals surface area contributed by atoms with E-state index in [0.29, 0.717) is 0 Å². The summed E-state index contributed by atoms with van der Waals surface area (Å²) in [6.45, 7) is 5.31. The van der Waals surface area contributed by atoms with Gasteiger partial charge in [0.15, 0.2) is 6.10 Å². The Kier molecular flexibility index (Phi) is 4.35. The van der Waals surface area contributed by atoms with Gasteiger partial charge in [0.2, 0.25) is 0 Å². The van der Waals surface area contributed by atoms with Crippen molar-refractivity contribution in [3.05, 3.63) is 0 Å². The summed E-state index contributed by atoms with van der Waals surface area (Å²) in [5.41, 5.74) is -0.578. The number of nitrogens with one attached hydrogen (secondary N) is 1. The van der Waals surface area contributed by atoms with Crippen LogP contribution in [-0.2, 0) is 4.74 Å². The first-order valence-electron chi connectivity index (χ1n) is 5.90. The van der Waals surface area contributed by atoms with Gasteiger partial charge in [0.1, 0.15) is 5.60 Å². The molecule has 2 atom stereocenters. The van der Waals surface area contributed by atoms with Gasteiger partial charge in [-0.1, -0.05) is 6.42 Å². The molecule has 1 aliphatic rings. The third-order valence-corrected chi connectivity index (χ3v) is 2.81. The van der Waals surface area contributed by atoms with Gasteiger partial charge in [-0.15, -0.1) is 0 Å². The normalized spacial score (nSPS) is 19.7. The summed E-state index contributed by atoms with van der Waals surface area (Å²) in [5.74, 6) is 0.178. The van der Waals surface area contributed by atoms with E-state index in [-0.39, 0.29) is 5.92 Å². The van der Waals surface area contributed by atoms with Crippen LogP contribution in [-0.4, -0.2) is 28.9 Å². The fourth-order valence-corrected chi connectivity index (χ4v) is 1.78. The summed E-state index contributed by atoms with van der Waals surface area (Å²) < 4.78 is 5.11. The van der Waals surface area contributed by atoms with Crippen LogP contribution in [0, 0.1) is 17.2 Å². The van der Waals surface area contributed by atoms with Gasteiger partial charge in [0, 0.05) is 0 Å². The molecule has 0 spiro atoms. The Hall–Kier alpha value is -1.28. The number of carbonyl (C=O) groups is 1. The molecule has 96 valence electrons. The molecule has 1 aliphatic carbocycles. The first kappa shape index (κ1) is 13.8. The van der Waals surface area contributed by atoms with Crippen LogP contribution >= 0.6 is 0 Å². The third kappa shape index (κ3) is 4.23. The highest BCUT2D eigenvalue weighted by molar-refractivity contribution is 5.68. The molecule has 0 aliphatic heterocycles. The van der Waals surface area contributed by atoms with Crippen LogP contribution in [0.4, 0.5) is 4.79 Å². The number of alkyl carbamates (subject to hydrolysis) is 1. The van der Waals surface area contributed by atoms with Crippen LogP contribution in [0.25, 0.3) is 0 Å². The molecule has 1 saturated carbocycles. The fourth-order valence-electron chi connectivity index (χ4n) is 1.78. The first-order valence-corrected chi connectivity index (χ1v) is 5.90. The van der Waals surface area contributed by atoms with E-state index in [2.05, 4.69) is 5.32 Å². The van der Waals surface area contributed by atoms with Crippen LogP contribution in [0.5, 0.6) is 0 Å². The summed E-state index contributed by atoms with van der Waals surface area (Å²) >= 11 is 0. The molecule has 1 fully saturated rings. The Balaban J connectivity index is 2.54. The van der Waals surface area contributed by atoms with E-state index in [9.17, 15) is 9.90 Å². The summed E-state index contributed by atoms with van der Waals surface area (Å²) in [6, 6.07) is 1.24. The van der Waals surface area contributed by atoms with Crippen molar-refractivity contribution in [3.63, 3.8) is 0 Å². The van der Waals surface area contributed by atoms with Gasteiger partial charge in [0.25, 0.3) is 0 Å². The lowest BCUT2D eigenvalue weighted by molar-refractivity contribution is 0.0366. The number of ether oxygens (including phenoxy) is 1. The zero-order valence-electron chi connectivity index (χ0n) is 10.6. The Morgan fingerprint density at radius 3 is 2.47 bits per heavy atom. The molecule has 1 rings (SSSR count). The van der Waals surface area contributed by atoms with Crippen LogP contribution in [0.2, 0.25) is 0 Å². The molecule has 5 heteroatoms. The second-order valence-electron chi connectivity index (χ2n) is 5.44. The van der Waals surface area contributed by atoms with E-state index in [1.54, 1.807) is 26.8 Å². The highest BCUT2D eigenvalue weighted by Gasteiger charge is 2.34. The van der Waals surface area contributed by atoms with Crippen molar-refractivity contribution in [2.24, 2.45) is 5.92 Å². The predicted octanol–water partition coefficient (Wildman–Crippen LogP) is 1.56. The van der Waals surface area contributed by atoms with Gasteiger partial charge in [-0.3, -0.25) is 0 Å². The molecule has 5 nitrogen and oxygen atoms in total. The molecule has 0 aromatic heterocycles. The van der Waals surface area contributed by atoms with Crippen LogP contribution in [0.1, 0.15) is 40.0 Å². The Morgan fingerprint density at radius 1 is 1.53 bits per heavy atom. The predicted molar refractivity (Wildman–Crippen MR) is 62.1 cm³/mol. The summed E-state index contributed by atoms with van der Waals surface area (Å²) in [4.78, 5) is 11.6. The average Bonchev–Trinajstić information content (AvgIpc) is 2.09. The zero-order chi connectivity index (χ0) is 13.1. The lowest BCUT2D eigenvalue weighted by Gasteiger charge is -2.35. The first-order chi connectivity index (χ1) is 7.83. The number of nitrogens with zero attached hydrogens (tertiary/aromatic N) is 1. The Labute approximate surface area is 102 Å². The SMILES string of the molecule is CC(C)(C)OC(=O)NC(C(O)C#N)C1CCC1. The number of rotatable bonds is 3. The molecule has 2 unspecified atom stereocenters. The maximum absolute atomic E-state index is 11.6. The van der Waals surface area contributed by atoms with Crippen LogP contribution < -0.4 is 5.32 Å². The quantitative estimate of drug-likeness (QED) is 0.733. The third-order valence-electron chi connectivity index (χ3n) is 2.81. The molecular weight excluding hydrogens is 220 g/mol. The molecule has 0 aromatic rings. The van der Waals surface area contributed by atoms with E-state index in [1.165, 1.54) is 0 Å². The number of hydrogen-bond acceptors (Lipinski definition) is 4. The van der Waals surface area contributed by atoms with E-state index in [0.717, 1.165) is 19.3 Å². The number of carbonyl (C=O) groups excluding carboxylic acids is 1. The van der Waals surface area contributed by atoms with Crippen LogP contribution in [0.3, 0.4) is 0 Å². The molecule has 17 heavy (non-hydrogen) atoms. The molecule has 0 heterocycles. The second kappa shape index (κ2) is 5.37. The average molecular weight is 240 g/mol. The van der Waals surface area contributed by atoms with Crippen molar-refractivity contribution in [1.29, 1.82) is 5.26 Å². The highest BCUT2D eigenvalue weighted by atomic mass is 16.6. The minimum atomic E-state index is -1.17. The number of aliphatic hydroxyl groups excluding tert-OH is 1. The summed E-state index contributed by atoms with van der Waals surface area (Å²) in [7, 11) is 0. The smallest absolute Gasteiger partial charge is 0.408 e. The molecule has 0 bridgehead atoms. The van der Waals surface area contributed by atoms with Gasteiger partial charge in [0.05, 0.1) is 12.1 Å². The van der Waals surface area contributed by atoms with Crippen molar-refractivity contribution in [2.45, 2.75) is 57.8 Å². The lowest BCUT2D eigenvalue weighted by atomic mass is 9.78. The number of aliphatic hydroxyl groups is 1. The van der Waals surface area contributed by atoms with E-state index < -0.39 is 23.8 Å². The number of hydrogen-bond donors (Lipinski definition) is 2. The minimum absolute atomic E-state index is 0.178. The van der Waals surface area contributed by atoms with E-state index in [4.69, 9.17) is 10.00 Å². The molecular formula is C12H20N2O3. The second-order valence-corrected chi connectivity index (χ2v) is 5.44. The number of nitriles is 1. The van der Waals surface area contributed by atoms with Crippen molar-refractivity contribution in [2.75, 3.05) is 0 Å². The fraction of sp³-hybridized carbons (Fsp3) is 0.833. The molecule has 2 N–H and O–H groups in total. The van der Waals surface area contributed by atoms with Crippen molar-refractivity contribution >= 4 is 6.09 Å². The van der Waals surface area contributed by atoms with Crippen molar-refractivity contribution < 1.29 is 14.6 Å². The van der Waals surface area contributed by atoms with Gasteiger partial charge >= 0.3 is 6.09 Å². The maximum Gasteiger partial charge on any atom is 0.408 e. The van der Waals surface area contributed by atoms with Crippen molar-refractivity contribution in [1.82, 2.24) is 5.32 Å². The topological polar surface area (TPSA) is 82.3 Å². The summed E-state index contributed by atoms with van der Waals surface area (Å²) in [5, 5.41) is 20.9. The van der Waals surface area contributed by atoms with Crippen molar-refractivity contribution in [3.8, 4) is 6.07 Å². The molecule has 0 saturated heterocycles. The number of amides is 1. The van der Waals surface area contributed by atoms with Gasteiger partial charge in [-0.2, -0.15) is 5.26 Å². The zero-order valence-corrected chi connectivity index (χ0v) is 10.6. The monoisotopic (exact) mass is 240 g/mol. The van der Waals surface area contributed by atoms with Gasteiger partial charge < -0.3 is 15.2 Å². The van der Waals surface area contributed by atoms with Crippen LogP contribution in [0.15, 0.2) is 0 Å². The standard InChI is InChI=1S/C12H20N2O3/c1-12(2,3)17-11(16)14-10(9(15)7-13)8-5-4-6-8/h8-10,15H,4-6H2,1-3H3,(H,14,16). The molecule has 0 aromatic carbocycles.